The molecule has 0 atom stereocenters. The number of ether oxygens (including phenoxy) is 1. The lowest BCUT2D eigenvalue weighted by Gasteiger charge is -2.01. The minimum absolute atomic E-state index is 0.00829. The van der Waals surface area contributed by atoms with Crippen LogP contribution in [0.1, 0.15) is 16.9 Å². The summed E-state index contributed by atoms with van der Waals surface area (Å²) in [5, 5.41) is 8.33. The second kappa shape index (κ2) is 5.01. The molecule has 0 fully saturated rings. The Labute approximate surface area is 90.9 Å². The Balaban J connectivity index is 2.80. The quantitative estimate of drug-likeness (QED) is 0.439. The molecule has 0 aliphatic heterocycles. The predicted molar refractivity (Wildman–Crippen MR) is 52.4 cm³/mol. The van der Waals surface area contributed by atoms with E-state index in [9.17, 15) is 14.4 Å². The first-order valence-corrected chi connectivity index (χ1v) is 4.35. The minimum atomic E-state index is -1.63. The zero-order chi connectivity index (χ0) is 12.1. The maximum atomic E-state index is 11.4. The van der Waals surface area contributed by atoms with E-state index in [4.69, 9.17) is 9.84 Å². The van der Waals surface area contributed by atoms with Crippen LogP contribution in [0.3, 0.4) is 0 Å². The molecule has 6 heteroatoms. The van der Waals surface area contributed by atoms with Gasteiger partial charge in [-0.15, -0.1) is 0 Å². The summed E-state index contributed by atoms with van der Waals surface area (Å²) < 4.78 is 4.79. The number of pyridine rings is 1. The lowest BCUT2D eigenvalue weighted by atomic mass is 10.1. The van der Waals surface area contributed by atoms with Crippen molar-refractivity contribution in [3.8, 4) is 5.88 Å². The lowest BCUT2D eigenvalue weighted by Crippen LogP contribution is -2.17. The number of Topliss-reactive ketones (excluding diaryl/α,β-unsaturated/α-hetero) is 2. The first kappa shape index (κ1) is 11.8. The van der Waals surface area contributed by atoms with Gasteiger partial charge in [0.25, 0.3) is 0 Å². The molecule has 0 aromatic carbocycles. The number of ketones is 2. The molecule has 0 aliphatic rings. The molecule has 1 rings (SSSR count). The van der Waals surface area contributed by atoms with E-state index in [2.05, 4.69) is 4.98 Å². The molecule has 6 nitrogen and oxygen atoms in total. The molecule has 0 radical (unpaired) electrons. The fraction of sp³-hybridized carbons (Fsp3) is 0.200. The van der Waals surface area contributed by atoms with E-state index >= 15 is 0 Å². The number of nitrogens with zero attached hydrogens (tertiary/aromatic N) is 1. The highest BCUT2D eigenvalue weighted by Crippen LogP contribution is 2.08. The fourth-order valence-electron chi connectivity index (χ4n) is 0.996. The molecule has 1 aromatic rings. The Morgan fingerprint density at radius 3 is 2.62 bits per heavy atom. The van der Waals surface area contributed by atoms with Crippen LogP contribution in [0, 0.1) is 0 Å². The summed E-state index contributed by atoms with van der Waals surface area (Å²) in [6, 6.07) is 4.46. The average Bonchev–Trinajstić information content (AvgIpc) is 2.28. The van der Waals surface area contributed by atoms with Crippen LogP contribution in [0.25, 0.3) is 0 Å². The third-order valence-corrected chi connectivity index (χ3v) is 1.78. The Bertz CT molecular complexity index is 441. The number of rotatable bonds is 5. The van der Waals surface area contributed by atoms with Gasteiger partial charge in [0.05, 0.1) is 13.5 Å². The van der Waals surface area contributed by atoms with Crippen LogP contribution in [-0.4, -0.2) is 34.7 Å². The summed E-state index contributed by atoms with van der Waals surface area (Å²) in [5.74, 6) is -3.20. The molecule has 0 aliphatic carbocycles. The number of aromatic nitrogens is 1. The van der Waals surface area contributed by atoms with Crippen LogP contribution in [0.15, 0.2) is 18.2 Å². The van der Waals surface area contributed by atoms with E-state index in [0.717, 1.165) is 0 Å². The van der Waals surface area contributed by atoms with E-state index in [1.54, 1.807) is 0 Å². The molecule has 16 heavy (non-hydrogen) atoms. The molecule has 1 heterocycles. The number of methoxy groups -OCH3 is 1. The van der Waals surface area contributed by atoms with E-state index < -0.39 is 24.0 Å². The standard InChI is InChI=1S/C10H9NO5/c1-16-9-4-2-3-6(11-9)7(12)5-8(13)10(14)15/h2-4H,5H2,1H3,(H,14,15). The molecule has 1 aromatic heterocycles. The highest BCUT2D eigenvalue weighted by atomic mass is 16.5. The van der Waals surface area contributed by atoms with Crippen LogP contribution in [0.5, 0.6) is 5.88 Å². The van der Waals surface area contributed by atoms with Crippen LogP contribution < -0.4 is 4.74 Å². The van der Waals surface area contributed by atoms with Gasteiger partial charge in [-0.25, -0.2) is 9.78 Å². The molecule has 0 amide bonds. The molecule has 84 valence electrons. The highest BCUT2D eigenvalue weighted by molar-refractivity contribution is 6.37. The van der Waals surface area contributed by atoms with E-state index in [-0.39, 0.29) is 11.6 Å². The van der Waals surface area contributed by atoms with Crippen molar-refractivity contribution in [1.82, 2.24) is 4.98 Å². The topological polar surface area (TPSA) is 93.6 Å². The summed E-state index contributed by atoms with van der Waals surface area (Å²) >= 11 is 0. The number of hydrogen-bond acceptors (Lipinski definition) is 5. The summed E-state index contributed by atoms with van der Waals surface area (Å²) in [6.45, 7) is 0. The van der Waals surface area contributed by atoms with Crippen molar-refractivity contribution in [3.05, 3.63) is 23.9 Å². The summed E-state index contributed by atoms with van der Waals surface area (Å²) in [5.41, 5.74) is 0.00829. The first-order valence-electron chi connectivity index (χ1n) is 4.35. The van der Waals surface area contributed by atoms with Gasteiger partial charge in [0, 0.05) is 6.07 Å². The number of hydrogen-bond donors (Lipinski definition) is 1. The Morgan fingerprint density at radius 1 is 1.38 bits per heavy atom. The monoisotopic (exact) mass is 223 g/mol. The van der Waals surface area contributed by atoms with Gasteiger partial charge in [-0.05, 0) is 6.07 Å². The molecule has 0 saturated heterocycles. The summed E-state index contributed by atoms with van der Waals surface area (Å²) in [4.78, 5) is 36.3. The van der Waals surface area contributed by atoms with Gasteiger partial charge in [0.15, 0.2) is 5.78 Å². The lowest BCUT2D eigenvalue weighted by molar-refractivity contribution is -0.148. The van der Waals surface area contributed by atoms with Gasteiger partial charge in [0.2, 0.25) is 11.7 Å². The molecule has 0 unspecified atom stereocenters. The molecule has 1 N–H and O–H groups in total. The zero-order valence-electron chi connectivity index (χ0n) is 8.47. The van der Waals surface area contributed by atoms with Crippen LogP contribution >= 0.6 is 0 Å². The smallest absolute Gasteiger partial charge is 0.372 e. The summed E-state index contributed by atoms with van der Waals surface area (Å²) in [7, 11) is 1.39. The maximum Gasteiger partial charge on any atom is 0.372 e. The van der Waals surface area contributed by atoms with Gasteiger partial charge >= 0.3 is 5.97 Å². The normalized spacial score (nSPS) is 9.56. The maximum absolute atomic E-state index is 11.4. The van der Waals surface area contributed by atoms with Crippen molar-refractivity contribution in [2.75, 3.05) is 7.11 Å². The number of carbonyl (C=O) groups excluding carboxylic acids is 2. The van der Waals surface area contributed by atoms with Gasteiger partial charge in [0.1, 0.15) is 5.69 Å². The number of carbonyl (C=O) groups is 3. The third kappa shape index (κ3) is 2.88. The van der Waals surface area contributed by atoms with E-state index in [1.165, 1.54) is 25.3 Å². The van der Waals surface area contributed by atoms with Crippen LogP contribution in [0.4, 0.5) is 0 Å². The Kier molecular flexibility index (Phi) is 3.71. The van der Waals surface area contributed by atoms with Crippen molar-refractivity contribution in [1.29, 1.82) is 0 Å². The zero-order valence-corrected chi connectivity index (χ0v) is 8.47. The highest BCUT2D eigenvalue weighted by Gasteiger charge is 2.18. The molecular formula is C10H9NO5. The van der Waals surface area contributed by atoms with E-state index in [0.29, 0.717) is 0 Å². The average molecular weight is 223 g/mol. The van der Waals surface area contributed by atoms with Gasteiger partial charge in [-0.3, -0.25) is 9.59 Å². The minimum Gasteiger partial charge on any atom is -0.481 e. The Hall–Kier alpha value is -2.24. The van der Waals surface area contributed by atoms with Crippen LogP contribution in [-0.2, 0) is 9.59 Å². The van der Waals surface area contributed by atoms with Crippen molar-refractivity contribution in [2.45, 2.75) is 6.42 Å². The van der Waals surface area contributed by atoms with Gasteiger partial charge in [-0.2, -0.15) is 0 Å². The fourth-order valence-corrected chi connectivity index (χ4v) is 0.996. The molecule has 0 spiro atoms. The van der Waals surface area contributed by atoms with Crippen molar-refractivity contribution in [2.24, 2.45) is 0 Å². The number of aliphatic carboxylic acids is 1. The molecule has 0 bridgehead atoms. The van der Waals surface area contributed by atoms with Gasteiger partial charge in [-0.1, -0.05) is 6.07 Å². The van der Waals surface area contributed by atoms with Crippen molar-refractivity contribution < 1.29 is 24.2 Å². The third-order valence-electron chi connectivity index (χ3n) is 1.78. The largest absolute Gasteiger partial charge is 0.481 e. The number of carboxylic acids is 1. The summed E-state index contributed by atoms with van der Waals surface area (Å²) in [6.07, 6.45) is -0.699. The Morgan fingerprint density at radius 2 is 2.06 bits per heavy atom. The van der Waals surface area contributed by atoms with Crippen molar-refractivity contribution >= 4 is 17.5 Å². The first-order chi connectivity index (χ1) is 7.54. The molecular weight excluding hydrogens is 214 g/mol. The molecule has 0 saturated carbocycles. The van der Waals surface area contributed by atoms with Gasteiger partial charge < -0.3 is 9.84 Å². The van der Waals surface area contributed by atoms with Crippen LogP contribution in [0.2, 0.25) is 0 Å². The van der Waals surface area contributed by atoms with E-state index in [1.807, 2.05) is 0 Å². The second-order valence-electron chi connectivity index (χ2n) is 2.89. The second-order valence-corrected chi connectivity index (χ2v) is 2.89. The predicted octanol–water partition coefficient (Wildman–Crippen LogP) is 0.317. The number of carboxylic acid groups (broad SMARTS) is 1. The SMILES string of the molecule is COc1cccc(C(=O)CC(=O)C(=O)O)n1. The van der Waals surface area contributed by atoms with Crippen molar-refractivity contribution in [3.63, 3.8) is 0 Å².